The number of nitrogens with two attached hydrogens (primary N) is 1. The van der Waals surface area contributed by atoms with Crippen LogP contribution in [0.2, 0.25) is 0 Å². The summed E-state index contributed by atoms with van der Waals surface area (Å²) >= 11 is 0. The number of methoxy groups -OCH3 is 1. The number of hydrogen-bond donors (Lipinski definition) is 1. The Labute approximate surface area is 102 Å². The number of esters is 1. The Morgan fingerprint density at radius 1 is 1.44 bits per heavy atom. The maximum Gasteiger partial charge on any atom is 0.338 e. The predicted molar refractivity (Wildman–Crippen MR) is 61.8 cm³/mol. The van der Waals surface area contributed by atoms with Crippen molar-refractivity contribution in [3.63, 3.8) is 0 Å². The number of nitrogens with zero attached hydrogens (tertiary/aromatic N) is 2. The van der Waals surface area contributed by atoms with Crippen LogP contribution in [0.15, 0.2) is 18.2 Å². The molecule has 0 radical (unpaired) electrons. The van der Waals surface area contributed by atoms with Gasteiger partial charge in [-0.25, -0.2) is 15.6 Å². The molecular weight excluding hydrogens is 242 g/mol. The van der Waals surface area contributed by atoms with Gasteiger partial charge in [0.2, 0.25) is 5.91 Å². The van der Waals surface area contributed by atoms with Gasteiger partial charge in [-0.1, -0.05) is 0 Å². The van der Waals surface area contributed by atoms with Gasteiger partial charge in [0.15, 0.2) is 0 Å². The highest BCUT2D eigenvalue weighted by atomic mass is 16.6. The van der Waals surface area contributed by atoms with E-state index >= 15 is 0 Å². The Kier molecular flexibility index (Phi) is 3.95. The topological polar surface area (TPSA) is 116 Å². The molecule has 0 aliphatic heterocycles. The lowest BCUT2D eigenvalue weighted by Gasteiger charge is -2.14. The molecule has 0 bridgehead atoms. The molecule has 0 heterocycles. The molecule has 0 unspecified atom stereocenters. The zero-order valence-electron chi connectivity index (χ0n) is 9.75. The second kappa shape index (κ2) is 5.23. The van der Waals surface area contributed by atoms with Crippen molar-refractivity contribution in [2.75, 3.05) is 12.1 Å². The van der Waals surface area contributed by atoms with E-state index < -0.39 is 22.5 Å². The van der Waals surface area contributed by atoms with Crippen LogP contribution < -0.4 is 10.9 Å². The molecule has 0 fully saturated rings. The van der Waals surface area contributed by atoms with Crippen LogP contribution in [0.1, 0.15) is 17.3 Å². The van der Waals surface area contributed by atoms with Gasteiger partial charge < -0.3 is 4.74 Å². The molecule has 0 spiro atoms. The highest BCUT2D eigenvalue weighted by Crippen LogP contribution is 2.28. The van der Waals surface area contributed by atoms with Crippen LogP contribution in [0, 0.1) is 10.1 Å². The number of carbonyl (C=O) groups is 2. The van der Waals surface area contributed by atoms with Gasteiger partial charge in [-0.05, 0) is 12.1 Å². The van der Waals surface area contributed by atoms with Crippen LogP contribution in [0.3, 0.4) is 0 Å². The number of rotatable bonds is 3. The van der Waals surface area contributed by atoms with Gasteiger partial charge in [0.1, 0.15) is 5.69 Å². The van der Waals surface area contributed by atoms with Gasteiger partial charge in [0, 0.05) is 13.0 Å². The number of hydrazine groups is 1. The molecule has 1 aromatic carbocycles. The fourth-order valence-electron chi connectivity index (χ4n) is 1.29. The van der Waals surface area contributed by atoms with E-state index in [9.17, 15) is 19.7 Å². The summed E-state index contributed by atoms with van der Waals surface area (Å²) in [4.78, 5) is 32.5. The molecule has 2 N–H and O–H groups in total. The molecule has 18 heavy (non-hydrogen) atoms. The van der Waals surface area contributed by atoms with Crippen molar-refractivity contribution >= 4 is 23.3 Å². The molecule has 8 heteroatoms. The molecule has 0 saturated carbocycles. The molecule has 0 aromatic heterocycles. The number of nitro benzene ring substituents is 1. The smallest absolute Gasteiger partial charge is 0.338 e. The van der Waals surface area contributed by atoms with Gasteiger partial charge >= 0.3 is 5.97 Å². The summed E-state index contributed by atoms with van der Waals surface area (Å²) in [5.74, 6) is 4.12. The summed E-state index contributed by atoms with van der Waals surface area (Å²) in [6.45, 7) is 1.16. The standard InChI is InChI=1S/C10H11N3O5/c1-6(14)12(11)8-4-3-7(10(15)18-2)5-9(8)13(16)17/h3-5H,11H2,1-2H3. The average molecular weight is 253 g/mol. The first-order chi connectivity index (χ1) is 8.38. The quantitative estimate of drug-likeness (QED) is 0.277. The third-order valence-corrected chi connectivity index (χ3v) is 2.19. The number of ether oxygens (including phenoxy) is 1. The van der Waals surface area contributed by atoms with E-state index in [1.54, 1.807) is 0 Å². The van der Waals surface area contributed by atoms with Gasteiger partial charge in [-0.15, -0.1) is 0 Å². The van der Waals surface area contributed by atoms with Crippen molar-refractivity contribution in [2.24, 2.45) is 5.84 Å². The number of carbonyl (C=O) groups excluding carboxylic acids is 2. The van der Waals surface area contributed by atoms with Crippen molar-refractivity contribution in [3.05, 3.63) is 33.9 Å². The fraction of sp³-hybridized carbons (Fsp3) is 0.200. The second-order valence-corrected chi connectivity index (χ2v) is 3.34. The maximum absolute atomic E-state index is 11.2. The lowest BCUT2D eigenvalue weighted by atomic mass is 10.1. The fourth-order valence-corrected chi connectivity index (χ4v) is 1.29. The molecule has 1 amide bonds. The highest BCUT2D eigenvalue weighted by Gasteiger charge is 2.22. The van der Waals surface area contributed by atoms with Crippen LogP contribution in [0.4, 0.5) is 11.4 Å². The van der Waals surface area contributed by atoms with E-state index in [2.05, 4.69) is 4.74 Å². The first kappa shape index (κ1) is 13.6. The van der Waals surface area contributed by atoms with E-state index in [-0.39, 0.29) is 11.3 Å². The number of anilines is 1. The highest BCUT2D eigenvalue weighted by molar-refractivity contribution is 5.95. The van der Waals surface area contributed by atoms with Gasteiger partial charge in [0.25, 0.3) is 5.69 Å². The lowest BCUT2D eigenvalue weighted by Crippen LogP contribution is -2.35. The summed E-state index contributed by atoms with van der Waals surface area (Å²) in [7, 11) is 1.16. The van der Waals surface area contributed by atoms with Crippen LogP contribution in [-0.2, 0) is 9.53 Å². The first-order valence-electron chi connectivity index (χ1n) is 4.80. The van der Waals surface area contributed by atoms with E-state index in [1.165, 1.54) is 12.1 Å². The third-order valence-electron chi connectivity index (χ3n) is 2.19. The Bertz CT molecular complexity index is 514. The minimum atomic E-state index is -0.732. The molecule has 0 aliphatic carbocycles. The molecule has 1 rings (SSSR count). The Balaban J connectivity index is 3.33. The SMILES string of the molecule is COC(=O)c1ccc(N(N)C(C)=O)c([N+](=O)[O-])c1. The summed E-state index contributed by atoms with van der Waals surface area (Å²) < 4.78 is 4.45. The average Bonchev–Trinajstić information content (AvgIpc) is 2.35. The minimum Gasteiger partial charge on any atom is -0.465 e. The zero-order chi connectivity index (χ0) is 13.9. The Morgan fingerprint density at radius 2 is 2.06 bits per heavy atom. The first-order valence-corrected chi connectivity index (χ1v) is 4.80. The van der Waals surface area contributed by atoms with Gasteiger partial charge in [0.05, 0.1) is 17.6 Å². The summed E-state index contributed by atoms with van der Waals surface area (Å²) in [6, 6.07) is 3.51. The summed E-state index contributed by atoms with van der Waals surface area (Å²) in [5.41, 5.74) is -0.541. The number of benzene rings is 1. The maximum atomic E-state index is 11.2. The normalized spacial score (nSPS) is 9.72. The van der Waals surface area contributed by atoms with Crippen molar-refractivity contribution in [2.45, 2.75) is 6.92 Å². The van der Waals surface area contributed by atoms with Crippen molar-refractivity contribution < 1.29 is 19.2 Å². The largest absolute Gasteiger partial charge is 0.465 e. The Hall–Kier alpha value is -2.48. The summed E-state index contributed by atoms with van der Waals surface area (Å²) in [5, 5.41) is 11.5. The number of nitro groups is 1. The van der Waals surface area contributed by atoms with Crippen molar-refractivity contribution in [3.8, 4) is 0 Å². The van der Waals surface area contributed by atoms with Crippen molar-refractivity contribution in [1.29, 1.82) is 0 Å². The zero-order valence-corrected chi connectivity index (χ0v) is 9.75. The van der Waals surface area contributed by atoms with Crippen LogP contribution in [0.25, 0.3) is 0 Å². The van der Waals surface area contributed by atoms with Crippen LogP contribution in [0.5, 0.6) is 0 Å². The van der Waals surface area contributed by atoms with E-state index in [0.29, 0.717) is 5.01 Å². The second-order valence-electron chi connectivity index (χ2n) is 3.34. The summed E-state index contributed by atoms with van der Waals surface area (Å²) in [6.07, 6.45) is 0. The van der Waals surface area contributed by atoms with Crippen LogP contribution >= 0.6 is 0 Å². The van der Waals surface area contributed by atoms with Gasteiger partial charge in [-0.2, -0.15) is 0 Å². The Morgan fingerprint density at radius 3 is 2.50 bits per heavy atom. The third kappa shape index (κ3) is 2.61. The number of amides is 1. The molecule has 0 atom stereocenters. The van der Waals surface area contributed by atoms with Gasteiger partial charge in [-0.3, -0.25) is 14.9 Å². The lowest BCUT2D eigenvalue weighted by molar-refractivity contribution is -0.384. The molecule has 8 nitrogen and oxygen atoms in total. The van der Waals surface area contributed by atoms with E-state index in [1.807, 2.05) is 0 Å². The number of hydrogen-bond acceptors (Lipinski definition) is 6. The molecular formula is C10H11N3O5. The van der Waals surface area contributed by atoms with E-state index in [4.69, 9.17) is 5.84 Å². The van der Waals surface area contributed by atoms with Crippen LogP contribution in [-0.4, -0.2) is 23.9 Å². The molecule has 96 valence electrons. The molecule has 0 aliphatic rings. The molecule has 1 aromatic rings. The molecule has 0 saturated heterocycles. The van der Waals surface area contributed by atoms with Crippen molar-refractivity contribution in [1.82, 2.24) is 0 Å². The monoisotopic (exact) mass is 253 g/mol. The van der Waals surface area contributed by atoms with E-state index in [0.717, 1.165) is 20.1 Å². The minimum absolute atomic E-state index is 0.00454. The predicted octanol–water partition coefficient (Wildman–Crippen LogP) is 0.608.